The first-order chi connectivity index (χ1) is 7.11. The van der Waals surface area contributed by atoms with E-state index in [2.05, 4.69) is 4.98 Å². The van der Waals surface area contributed by atoms with Gasteiger partial charge in [0.05, 0.1) is 18.4 Å². The molecule has 82 valence electrons. The predicted molar refractivity (Wildman–Crippen MR) is 53.9 cm³/mol. The molecule has 0 N–H and O–H groups in total. The molecule has 0 radical (unpaired) electrons. The molecule has 0 aromatic carbocycles. The molecule has 3 nitrogen and oxygen atoms in total. The molecule has 0 aliphatic carbocycles. The van der Waals surface area contributed by atoms with E-state index in [4.69, 9.17) is 4.74 Å². The summed E-state index contributed by atoms with van der Waals surface area (Å²) in [7, 11) is 0. The van der Waals surface area contributed by atoms with E-state index >= 15 is 0 Å². The summed E-state index contributed by atoms with van der Waals surface area (Å²) in [4.78, 5) is 14.9. The van der Waals surface area contributed by atoms with Gasteiger partial charge in [-0.1, -0.05) is 13.8 Å². The summed E-state index contributed by atoms with van der Waals surface area (Å²) < 4.78 is 18.0. The first-order valence-corrected chi connectivity index (χ1v) is 4.88. The van der Waals surface area contributed by atoms with Crippen molar-refractivity contribution in [1.29, 1.82) is 0 Å². The smallest absolute Gasteiger partial charge is 0.341 e. The van der Waals surface area contributed by atoms with Crippen molar-refractivity contribution in [3.05, 3.63) is 29.8 Å². The van der Waals surface area contributed by atoms with Gasteiger partial charge in [0.2, 0.25) is 0 Å². The van der Waals surface area contributed by atoms with Gasteiger partial charge in [-0.05, 0) is 18.4 Å². The lowest BCUT2D eigenvalue weighted by Gasteiger charge is -2.06. The Bertz CT molecular complexity index is 339. The number of hydrogen-bond donors (Lipinski definition) is 0. The largest absolute Gasteiger partial charge is 0.462 e. The highest BCUT2D eigenvalue weighted by atomic mass is 19.1. The average molecular weight is 211 g/mol. The van der Waals surface area contributed by atoms with Gasteiger partial charge >= 0.3 is 5.97 Å². The van der Waals surface area contributed by atoms with Crippen LogP contribution in [-0.4, -0.2) is 17.6 Å². The number of halogens is 1. The topological polar surface area (TPSA) is 39.2 Å². The van der Waals surface area contributed by atoms with E-state index in [1.165, 1.54) is 12.3 Å². The number of hydrogen-bond acceptors (Lipinski definition) is 3. The van der Waals surface area contributed by atoms with Gasteiger partial charge in [-0.2, -0.15) is 0 Å². The number of pyridine rings is 1. The van der Waals surface area contributed by atoms with E-state index in [9.17, 15) is 9.18 Å². The van der Waals surface area contributed by atoms with Crippen molar-refractivity contribution in [2.24, 2.45) is 5.92 Å². The number of ether oxygens (including phenoxy) is 1. The summed E-state index contributed by atoms with van der Waals surface area (Å²) in [6.45, 7) is 4.37. The minimum absolute atomic E-state index is 0.0613. The van der Waals surface area contributed by atoms with Crippen LogP contribution in [0.4, 0.5) is 4.39 Å². The van der Waals surface area contributed by atoms with Crippen LogP contribution in [0, 0.1) is 11.7 Å². The fraction of sp³-hybridized carbons (Fsp3) is 0.455. The first kappa shape index (κ1) is 11.6. The normalized spacial score (nSPS) is 10.4. The minimum atomic E-state index is -0.646. The average Bonchev–Trinajstić information content (AvgIpc) is 2.17. The molecule has 1 aromatic rings. The van der Waals surface area contributed by atoms with Gasteiger partial charge in [-0.15, -0.1) is 0 Å². The molecule has 0 amide bonds. The van der Waals surface area contributed by atoms with E-state index in [0.29, 0.717) is 12.5 Å². The summed E-state index contributed by atoms with van der Waals surface area (Å²) in [6.07, 6.45) is 3.14. The number of carbonyl (C=O) groups is 1. The fourth-order valence-corrected chi connectivity index (χ4v) is 1.01. The molecule has 0 atom stereocenters. The van der Waals surface area contributed by atoms with Crippen LogP contribution in [0.1, 0.15) is 30.6 Å². The third-order valence-electron chi connectivity index (χ3n) is 1.92. The van der Waals surface area contributed by atoms with E-state index in [-0.39, 0.29) is 5.56 Å². The standard InChI is InChI=1S/C11H14FNO2/c1-8(2)4-6-15-11(14)9-3-5-13-7-10(9)12/h3,5,7-8H,4,6H2,1-2H3. The minimum Gasteiger partial charge on any atom is -0.462 e. The van der Waals surface area contributed by atoms with Crippen molar-refractivity contribution in [3.63, 3.8) is 0 Å². The molecule has 4 heteroatoms. The highest BCUT2D eigenvalue weighted by molar-refractivity contribution is 5.89. The van der Waals surface area contributed by atoms with Crippen molar-refractivity contribution in [3.8, 4) is 0 Å². The molecule has 0 saturated carbocycles. The van der Waals surface area contributed by atoms with Crippen molar-refractivity contribution >= 4 is 5.97 Å². The number of nitrogens with zero attached hydrogens (tertiary/aromatic N) is 1. The van der Waals surface area contributed by atoms with Crippen LogP contribution in [0.2, 0.25) is 0 Å². The van der Waals surface area contributed by atoms with Crippen molar-refractivity contribution in [2.45, 2.75) is 20.3 Å². The Morgan fingerprint density at radius 1 is 1.60 bits per heavy atom. The van der Waals surface area contributed by atoms with Gasteiger partial charge in [-0.3, -0.25) is 4.98 Å². The lowest BCUT2D eigenvalue weighted by molar-refractivity contribution is 0.0482. The van der Waals surface area contributed by atoms with Crippen molar-refractivity contribution < 1.29 is 13.9 Å². The van der Waals surface area contributed by atoms with E-state index < -0.39 is 11.8 Å². The Morgan fingerprint density at radius 3 is 2.93 bits per heavy atom. The Labute approximate surface area is 88.3 Å². The SMILES string of the molecule is CC(C)CCOC(=O)c1ccncc1F. The van der Waals surface area contributed by atoms with Crippen LogP contribution in [-0.2, 0) is 4.74 Å². The predicted octanol–water partition coefficient (Wildman–Crippen LogP) is 2.42. The van der Waals surface area contributed by atoms with E-state index in [0.717, 1.165) is 12.6 Å². The van der Waals surface area contributed by atoms with Crippen LogP contribution < -0.4 is 0 Å². The maximum Gasteiger partial charge on any atom is 0.341 e. The molecule has 15 heavy (non-hydrogen) atoms. The van der Waals surface area contributed by atoms with Gasteiger partial charge < -0.3 is 4.74 Å². The van der Waals surface area contributed by atoms with Gasteiger partial charge in [0.25, 0.3) is 0 Å². The van der Waals surface area contributed by atoms with Crippen molar-refractivity contribution in [2.75, 3.05) is 6.61 Å². The Morgan fingerprint density at radius 2 is 2.33 bits per heavy atom. The molecule has 0 unspecified atom stereocenters. The second-order valence-electron chi connectivity index (χ2n) is 3.67. The van der Waals surface area contributed by atoms with Crippen LogP contribution >= 0.6 is 0 Å². The third-order valence-corrected chi connectivity index (χ3v) is 1.92. The lowest BCUT2D eigenvalue weighted by Crippen LogP contribution is -2.10. The zero-order chi connectivity index (χ0) is 11.3. The monoisotopic (exact) mass is 211 g/mol. The lowest BCUT2D eigenvalue weighted by atomic mass is 10.1. The fourth-order valence-electron chi connectivity index (χ4n) is 1.01. The Kier molecular flexibility index (Phi) is 4.21. The maximum absolute atomic E-state index is 13.1. The molecule has 0 spiro atoms. The highest BCUT2D eigenvalue weighted by Gasteiger charge is 2.12. The van der Waals surface area contributed by atoms with Crippen LogP contribution in [0.25, 0.3) is 0 Å². The number of aromatic nitrogens is 1. The summed E-state index contributed by atoms with van der Waals surface area (Å²) >= 11 is 0. The molecule has 1 aromatic heterocycles. The van der Waals surface area contributed by atoms with Gasteiger partial charge in [0.1, 0.15) is 0 Å². The Balaban J connectivity index is 2.51. The quantitative estimate of drug-likeness (QED) is 0.718. The van der Waals surface area contributed by atoms with Gasteiger partial charge in [0.15, 0.2) is 5.82 Å². The molecule has 1 heterocycles. The van der Waals surface area contributed by atoms with Crippen molar-refractivity contribution in [1.82, 2.24) is 4.98 Å². The van der Waals surface area contributed by atoms with Crippen LogP contribution in [0.15, 0.2) is 18.5 Å². The van der Waals surface area contributed by atoms with Gasteiger partial charge in [-0.25, -0.2) is 9.18 Å². The zero-order valence-electron chi connectivity index (χ0n) is 8.87. The van der Waals surface area contributed by atoms with E-state index in [1.54, 1.807) is 0 Å². The number of esters is 1. The van der Waals surface area contributed by atoms with E-state index in [1.807, 2.05) is 13.8 Å². The Hall–Kier alpha value is -1.45. The molecule has 1 rings (SSSR count). The highest BCUT2D eigenvalue weighted by Crippen LogP contribution is 2.07. The summed E-state index contributed by atoms with van der Waals surface area (Å²) in [5, 5.41) is 0. The second-order valence-corrected chi connectivity index (χ2v) is 3.67. The summed E-state index contributed by atoms with van der Waals surface area (Å²) in [5.41, 5.74) is -0.0613. The second kappa shape index (κ2) is 5.44. The molecule has 0 fully saturated rings. The molecular weight excluding hydrogens is 197 g/mol. The summed E-state index contributed by atoms with van der Waals surface area (Å²) in [6, 6.07) is 1.31. The zero-order valence-corrected chi connectivity index (χ0v) is 8.87. The molecule has 0 bridgehead atoms. The molecular formula is C11H14FNO2. The third kappa shape index (κ3) is 3.65. The first-order valence-electron chi connectivity index (χ1n) is 4.88. The summed E-state index contributed by atoms with van der Waals surface area (Å²) in [5.74, 6) is -0.817. The number of carbonyl (C=O) groups excluding carboxylic acids is 1. The van der Waals surface area contributed by atoms with Crippen LogP contribution in [0.5, 0.6) is 0 Å². The maximum atomic E-state index is 13.1. The van der Waals surface area contributed by atoms with Gasteiger partial charge in [0, 0.05) is 6.20 Å². The van der Waals surface area contributed by atoms with Crippen LogP contribution in [0.3, 0.4) is 0 Å². The number of rotatable bonds is 4. The molecule has 0 saturated heterocycles. The molecule has 0 aliphatic heterocycles. The molecule has 0 aliphatic rings.